The summed E-state index contributed by atoms with van der Waals surface area (Å²) in [4.78, 5) is 19.3. The number of nitrogens with one attached hydrogen (secondary N) is 1. The molecule has 0 saturated carbocycles. The second-order valence-corrected chi connectivity index (χ2v) is 7.45. The molecule has 4 rings (SSSR count). The van der Waals surface area contributed by atoms with Crippen LogP contribution in [-0.2, 0) is 11.3 Å². The third-order valence-electron chi connectivity index (χ3n) is 5.09. The van der Waals surface area contributed by atoms with Crippen LogP contribution in [0.1, 0.15) is 24.3 Å². The predicted molar refractivity (Wildman–Crippen MR) is 108 cm³/mol. The molecule has 7 heteroatoms. The number of nitrogens with zero attached hydrogens (tertiary/aromatic N) is 3. The highest BCUT2D eigenvalue weighted by Gasteiger charge is 2.27. The van der Waals surface area contributed by atoms with E-state index in [1.807, 2.05) is 31.2 Å². The Bertz CT molecular complexity index is 986. The SMILES string of the molecule is Cc1cccc(-c2noc(CN3CCCC(C(=O)Nc4ccc(F)cc4)C3)n2)c1. The summed E-state index contributed by atoms with van der Waals surface area (Å²) in [6.07, 6.45) is 1.74. The Kier molecular flexibility index (Phi) is 5.67. The lowest BCUT2D eigenvalue weighted by Crippen LogP contribution is -2.40. The largest absolute Gasteiger partial charge is 0.338 e. The number of carbonyl (C=O) groups is 1. The number of hydrogen-bond acceptors (Lipinski definition) is 5. The topological polar surface area (TPSA) is 71.3 Å². The summed E-state index contributed by atoms with van der Waals surface area (Å²) in [5.41, 5.74) is 2.67. The molecular weight excluding hydrogens is 371 g/mol. The van der Waals surface area contributed by atoms with E-state index < -0.39 is 0 Å². The smallest absolute Gasteiger partial charge is 0.241 e. The molecule has 3 aromatic rings. The molecule has 1 N–H and O–H groups in total. The first-order valence-corrected chi connectivity index (χ1v) is 9.75. The Morgan fingerprint density at radius 3 is 2.90 bits per heavy atom. The maximum absolute atomic E-state index is 13.0. The minimum Gasteiger partial charge on any atom is -0.338 e. The van der Waals surface area contributed by atoms with Gasteiger partial charge in [-0.05, 0) is 56.6 Å². The van der Waals surface area contributed by atoms with Crippen molar-refractivity contribution < 1.29 is 13.7 Å². The average Bonchev–Trinajstić information content (AvgIpc) is 3.18. The number of likely N-dealkylation sites (tertiary alicyclic amines) is 1. The van der Waals surface area contributed by atoms with Gasteiger partial charge in [0, 0.05) is 17.8 Å². The Morgan fingerprint density at radius 1 is 1.28 bits per heavy atom. The van der Waals surface area contributed by atoms with Gasteiger partial charge in [-0.1, -0.05) is 28.9 Å². The number of hydrogen-bond donors (Lipinski definition) is 1. The van der Waals surface area contributed by atoms with Gasteiger partial charge in [-0.2, -0.15) is 4.98 Å². The van der Waals surface area contributed by atoms with Crippen LogP contribution in [0, 0.1) is 18.7 Å². The molecule has 1 aliphatic rings. The summed E-state index contributed by atoms with van der Waals surface area (Å²) in [5.74, 6) is 0.615. The lowest BCUT2D eigenvalue weighted by Gasteiger charge is -2.30. The molecule has 2 aromatic carbocycles. The van der Waals surface area contributed by atoms with Gasteiger partial charge >= 0.3 is 0 Å². The van der Waals surface area contributed by atoms with Crippen LogP contribution in [0.4, 0.5) is 10.1 Å². The van der Waals surface area contributed by atoms with Crippen LogP contribution in [0.5, 0.6) is 0 Å². The summed E-state index contributed by atoms with van der Waals surface area (Å²) in [6, 6.07) is 13.8. The van der Waals surface area contributed by atoms with Crippen molar-refractivity contribution in [2.75, 3.05) is 18.4 Å². The number of carbonyl (C=O) groups excluding carboxylic acids is 1. The zero-order chi connectivity index (χ0) is 20.2. The van der Waals surface area contributed by atoms with Gasteiger partial charge in [0.15, 0.2) is 0 Å². The fourth-order valence-corrected chi connectivity index (χ4v) is 3.60. The summed E-state index contributed by atoms with van der Waals surface area (Å²) >= 11 is 0. The van der Waals surface area contributed by atoms with Gasteiger partial charge in [-0.25, -0.2) is 4.39 Å². The molecule has 1 amide bonds. The van der Waals surface area contributed by atoms with Crippen molar-refractivity contribution in [1.82, 2.24) is 15.0 Å². The Morgan fingerprint density at radius 2 is 2.10 bits per heavy atom. The monoisotopic (exact) mass is 394 g/mol. The van der Waals surface area contributed by atoms with Crippen molar-refractivity contribution in [2.45, 2.75) is 26.3 Å². The second-order valence-electron chi connectivity index (χ2n) is 7.45. The van der Waals surface area contributed by atoms with Crippen LogP contribution in [0.2, 0.25) is 0 Å². The van der Waals surface area contributed by atoms with E-state index in [1.54, 1.807) is 12.1 Å². The first-order valence-electron chi connectivity index (χ1n) is 9.75. The first-order chi connectivity index (χ1) is 14.1. The highest BCUT2D eigenvalue weighted by atomic mass is 19.1. The van der Waals surface area contributed by atoms with Gasteiger partial charge in [0.05, 0.1) is 12.5 Å². The zero-order valence-electron chi connectivity index (χ0n) is 16.3. The summed E-state index contributed by atoms with van der Waals surface area (Å²) in [5, 5.41) is 6.96. The van der Waals surface area contributed by atoms with E-state index in [0.717, 1.165) is 30.5 Å². The lowest BCUT2D eigenvalue weighted by molar-refractivity contribution is -0.121. The van der Waals surface area contributed by atoms with Crippen LogP contribution < -0.4 is 5.32 Å². The molecule has 1 aliphatic heterocycles. The van der Waals surface area contributed by atoms with E-state index in [1.165, 1.54) is 12.1 Å². The van der Waals surface area contributed by atoms with Crippen molar-refractivity contribution >= 4 is 11.6 Å². The minimum atomic E-state index is -0.323. The molecule has 1 atom stereocenters. The second kappa shape index (κ2) is 8.53. The van der Waals surface area contributed by atoms with Gasteiger partial charge in [0.1, 0.15) is 5.82 Å². The fraction of sp³-hybridized carbons (Fsp3) is 0.318. The highest BCUT2D eigenvalue weighted by molar-refractivity contribution is 5.92. The van der Waals surface area contributed by atoms with Crippen molar-refractivity contribution in [3.8, 4) is 11.4 Å². The normalized spacial score (nSPS) is 17.2. The zero-order valence-corrected chi connectivity index (χ0v) is 16.3. The van der Waals surface area contributed by atoms with Crippen LogP contribution in [0.25, 0.3) is 11.4 Å². The number of aromatic nitrogens is 2. The molecule has 2 heterocycles. The minimum absolute atomic E-state index is 0.0488. The van der Waals surface area contributed by atoms with E-state index in [4.69, 9.17) is 4.52 Å². The highest BCUT2D eigenvalue weighted by Crippen LogP contribution is 2.22. The number of rotatable bonds is 5. The van der Waals surface area contributed by atoms with Crippen molar-refractivity contribution in [3.63, 3.8) is 0 Å². The number of benzene rings is 2. The van der Waals surface area contributed by atoms with Crippen molar-refractivity contribution in [1.29, 1.82) is 0 Å². The molecule has 29 heavy (non-hydrogen) atoms. The molecule has 0 radical (unpaired) electrons. The van der Waals surface area contributed by atoms with Crippen molar-refractivity contribution in [3.05, 3.63) is 65.8 Å². The van der Waals surface area contributed by atoms with E-state index in [0.29, 0.717) is 30.5 Å². The Hall–Kier alpha value is -3.06. The van der Waals surface area contributed by atoms with E-state index in [2.05, 4.69) is 20.4 Å². The molecule has 150 valence electrons. The third-order valence-corrected chi connectivity index (χ3v) is 5.09. The molecule has 1 aromatic heterocycles. The van der Waals surface area contributed by atoms with Crippen LogP contribution >= 0.6 is 0 Å². The molecule has 6 nitrogen and oxygen atoms in total. The van der Waals surface area contributed by atoms with Gasteiger partial charge in [0.2, 0.25) is 17.6 Å². The van der Waals surface area contributed by atoms with Crippen molar-refractivity contribution in [2.24, 2.45) is 5.92 Å². The average molecular weight is 394 g/mol. The quantitative estimate of drug-likeness (QED) is 0.707. The maximum atomic E-state index is 13.0. The van der Waals surface area contributed by atoms with Gasteiger partial charge in [-0.3, -0.25) is 9.69 Å². The molecule has 0 bridgehead atoms. The van der Waals surface area contributed by atoms with Gasteiger partial charge in [-0.15, -0.1) is 0 Å². The molecule has 1 unspecified atom stereocenters. The maximum Gasteiger partial charge on any atom is 0.241 e. The number of piperidine rings is 1. The third kappa shape index (κ3) is 4.86. The number of aryl methyl sites for hydroxylation is 1. The van der Waals surface area contributed by atoms with Gasteiger partial charge in [0.25, 0.3) is 0 Å². The van der Waals surface area contributed by atoms with E-state index in [-0.39, 0.29) is 17.6 Å². The molecule has 1 fully saturated rings. The first kappa shape index (κ1) is 19.3. The Labute approximate surface area is 168 Å². The number of anilines is 1. The van der Waals surface area contributed by atoms with E-state index in [9.17, 15) is 9.18 Å². The van der Waals surface area contributed by atoms with Gasteiger partial charge < -0.3 is 9.84 Å². The molecule has 0 spiro atoms. The molecule has 0 aliphatic carbocycles. The summed E-state index contributed by atoms with van der Waals surface area (Å²) < 4.78 is 18.5. The number of amides is 1. The predicted octanol–water partition coefficient (Wildman–Crippen LogP) is 4.03. The van der Waals surface area contributed by atoms with Crippen LogP contribution in [-0.4, -0.2) is 34.0 Å². The van der Waals surface area contributed by atoms with E-state index >= 15 is 0 Å². The summed E-state index contributed by atoms with van der Waals surface area (Å²) in [7, 11) is 0. The van der Waals surface area contributed by atoms with Crippen LogP contribution in [0.15, 0.2) is 53.1 Å². The molecule has 1 saturated heterocycles. The fourth-order valence-electron chi connectivity index (χ4n) is 3.60. The summed E-state index contributed by atoms with van der Waals surface area (Å²) in [6.45, 7) is 4.03. The number of halogens is 1. The Balaban J connectivity index is 1.36. The van der Waals surface area contributed by atoms with Crippen LogP contribution in [0.3, 0.4) is 0 Å². The standard InChI is InChI=1S/C22H23FN4O2/c1-15-4-2-5-16(12-15)21-25-20(29-26-21)14-27-11-3-6-17(13-27)22(28)24-19-9-7-18(23)8-10-19/h2,4-5,7-10,12,17H,3,6,11,13-14H2,1H3,(H,24,28). The lowest BCUT2D eigenvalue weighted by atomic mass is 9.97. The molecular formula is C22H23FN4O2.